The quantitative estimate of drug-likeness (QED) is 0.382. The van der Waals surface area contributed by atoms with Crippen molar-refractivity contribution in [3.8, 4) is 11.3 Å². The lowest BCUT2D eigenvalue weighted by Gasteiger charge is -2.39. The van der Waals surface area contributed by atoms with E-state index in [1.165, 1.54) is 0 Å². The highest BCUT2D eigenvalue weighted by Gasteiger charge is 2.33. The van der Waals surface area contributed by atoms with Gasteiger partial charge in [0.05, 0.1) is 46.8 Å². The van der Waals surface area contributed by atoms with Crippen molar-refractivity contribution in [2.75, 3.05) is 19.6 Å². The molecule has 4 aromatic rings. The number of benzene rings is 2. The van der Waals surface area contributed by atoms with Crippen molar-refractivity contribution in [3.05, 3.63) is 76.6 Å². The van der Waals surface area contributed by atoms with Crippen molar-refractivity contribution in [1.82, 2.24) is 29.8 Å². The fraction of sp³-hybridized carbons (Fsp3) is 0.345. The van der Waals surface area contributed by atoms with Crippen LogP contribution in [0.15, 0.2) is 54.7 Å². The Morgan fingerprint density at radius 3 is 2.48 bits per heavy atom. The third-order valence-electron chi connectivity index (χ3n) is 7.51. The molecule has 10 nitrogen and oxygen atoms in total. The first-order chi connectivity index (χ1) is 19.1. The van der Waals surface area contributed by atoms with Crippen LogP contribution >= 0.6 is 11.6 Å². The maximum absolute atomic E-state index is 13.4. The predicted octanol–water partition coefficient (Wildman–Crippen LogP) is 3.59. The molecule has 0 unspecified atom stereocenters. The molecule has 1 atom stereocenters. The predicted molar refractivity (Wildman–Crippen MR) is 151 cm³/mol. The van der Waals surface area contributed by atoms with Crippen LogP contribution in [0.2, 0.25) is 5.02 Å². The molecule has 0 bridgehead atoms. The van der Waals surface area contributed by atoms with Crippen LogP contribution < -0.4 is 5.73 Å². The zero-order valence-corrected chi connectivity index (χ0v) is 23.0. The van der Waals surface area contributed by atoms with Crippen LogP contribution in [0.25, 0.3) is 22.2 Å². The number of carbonyl (C=O) groups is 2. The molecule has 2 aromatic heterocycles. The maximum atomic E-state index is 13.4. The molecular weight excluding hydrogens is 530 g/mol. The van der Waals surface area contributed by atoms with Gasteiger partial charge in [-0.25, -0.2) is 9.67 Å². The van der Waals surface area contributed by atoms with E-state index in [0.29, 0.717) is 40.9 Å². The van der Waals surface area contributed by atoms with Crippen molar-refractivity contribution in [3.63, 3.8) is 0 Å². The highest BCUT2D eigenvalue weighted by atomic mass is 35.5. The molecule has 1 aliphatic heterocycles. The number of nitrogens with zero attached hydrogens (tertiary/aromatic N) is 6. The number of amides is 2. The lowest BCUT2D eigenvalue weighted by atomic mass is 9.96. The summed E-state index contributed by atoms with van der Waals surface area (Å²) in [4.78, 5) is 34.4. The highest BCUT2D eigenvalue weighted by molar-refractivity contribution is 6.35. The van der Waals surface area contributed by atoms with E-state index in [-0.39, 0.29) is 24.1 Å². The van der Waals surface area contributed by atoms with Gasteiger partial charge >= 0.3 is 0 Å². The Hall–Kier alpha value is -3.86. The zero-order valence-electron chi connectivity index (χ0n) is 22.3. The van der Waals surface area contributed by atoms with Crippen molar-refractivity contribution in [2.45, 2.75) is 44.5 Å². The molecule has 1 saturated heterocycles. The molecule has 3 heterocycles. The molecule has 3 N–H and O–H groups in total. The van der Waals surface area contributed by atoms with Crippen LogP contribution in [-0.4, -0.2) is 72.5 Å². The number of aliphatic hydroxyl groups is 1. The van der Waals surface area contributed by atoms with Crippen LogP contribution in [0.5, 0.6) is 0 Å². The number of fused-ring (bicyclic) bond motifs is 1. The first kappa shape index (κ1) is 26.4. The second kappa shape index (κ2) is 9.96. The Kier molecular flexibility index (Phi) is 6.56. The third-order valence-corrected chi connectivity index (χ3v) is 7.82. The SMILES string of the molecule is CC(C)(O)c1ccc(-c2cc(Cl)c3ccc(C(=O)N4CCN(C(=O)c5cn(C6CC6)nn5)[C@H](N)C4)cc3n2)cc1. The first-order valence-corrected chi connectivity index (χ1v) is 13.7. The van der Waals surface area contributed by atoms with Gasteiger partial charge in [0.2, 0.25) is 0 Å². The van der Waals surface area contributed by atoms with Gasteiger partial charge in [-0.2, -0.15) is 0 Å². The standard InChI is InChI=1S/C29H30ClN7O3/c1-29(2,40)19-6-3-17(4-7-19)23-14-22(30)21-10-5-18(13-24(21)32-23)27(38)35-11-12-36(26(31)16-35)28(39)25-15-37(34-33-25)20-8-9-20/h3-7,10,13-15,20,26,40H,8-9,11-12,16,31H2,1-2H3/t26-/m0/s1. The van der Waals surface area contributed by atoms with Crippen LogP contribution in [-0.2, 0) is 5.60 Å². The number of halogens is 1. The summed E-state index contributed by atoms with van der Waals surface area (Å²) in [5.41, 5.74) is 9.03. The smallest absolute Gasteiger partial charge is 0.277 e. The topological polar surface area (TPSA) is 130 Å². The van der Waals surface area contributed by atoms with Gasteiger partial charge in [0.1, 0.15) is 0 Å². The van der Waals surface area contributed by atoms with E-state index >= 15 is 0 Å². The van der Waals surface area contributed by atoms with Gasteiger partial charge in [-0.05, 0) is 50.5 Å². The molecule has 2 aromatic carbocycles. The normalized spacial score (nSPS) is 17.9. The Labute approximate surface area is 236 Å². The Balaban J connectivity index is 1.19. The molecule has 1 saturated carbocycles. The first-order valence-electron chi connectivity index (χ1n) is 13.3. The van der Waals surface area contributed by atoms with Gasteiger partial charge in [0.15, 0.2) is 5.69 Å². The molecule has 1 aliphatic carbocycles. The van der Waals surface area contributed by atoms with Crippen LogP contribution in [0.4, 0.5) is 0 Å². The van der Waals surface area contributed by atoms with E-state index in [2.05, 4.69) is 10.3 Å². The second-order valence-corrected chi connectivity index (χ2v) is 11.4. The minimum absolute atomic E-state index is 0.193. The van der Waals surface area contributed by atoms with Crippen LogP contribution in [0.1, 0.15) is 59.1 Å². The zero-order chi connectivity index (χ0) is 28.2. The summed E-state index contributed by atoms with van der Waals surface area (Å²) < 4.78 is 1.73. The summed E-state index contributed by atoms with van der Waals surface area (Å²) in [5.74, 6) is -0.471. The number of hydrogen-bond acceptors (Lipinski definition) is 7. The number of rotatable bonds is 5. The van der Waals surface area contributed by atoms with Crippen LogP contribution in [0.3, 0.4) is 0 Å². The van der Waals surface area contributed by atoms with Crippen molar-refractivity contribution in [1.29, 1.82) is 0 Å². The summed E-state index contributed by atoms with van der Waals surface area (Å²) in [5, 5.41) is 19.6. The highest BCUT2D eigenvalue weighted by Crippen LogP contribution is 2.34. The van der Waals surface area contributed by atoms with Gasteiger partial charge in [-0.1, -0.05) is 47.1 Å². The Morgan fingerprint density at radius 1 is 1.05 bits per heavy atom. The van der Waals surface area contributed by atoms with Gasteiger partial charge in [-0.3, -0.25) is 9.59 Å². The minimum atomic E-state index is -0.945. The lowest BCUT2D eigenvalue weighted by molar-refractivity contribution is 0.0392. The van der Waals surface area contributed by atoms with E-state index in [0.717, 1.165) is 29.4 Å². The number of aromatic nitrogens is 4. The van der Waals surface area contributed by atoms with Crippen molar-refractivity contribution >= 4 is 34.3 Å². The summed E-state index contributed by atoms with van der Waals surface area (Å²) in [6.07, 6.45) is 3.10. The molecule has 2 fully saturated rings. The molecule has 2 amide bonds. The van der Waals surface area contributed by atoms with E-state index in [1.54, 1.807) is 58.8 Å². The van der Waals surface area contributed by atoms with E-state index in [9.17, 15) is 14.7 Å². The fourth-order valence-corrected chi connectivity index (χ4v) is 5.25. The molecule has 0 radical (unpaired) electrons. The largest absolute Gasteiger partial charge is 0.386 e. The fourth-order valence-electron chi connectivity index (χ4n) is 4.98. The van der Waals surface area contributed by atoms with E-state index in [1.807, 2.05) is 24.3 Å². The number of hydrogen-bond donors (Lipinski definition) is 2. The number of piperazine rings is 1. The molecule has 0 spiro atoms. The minimum Gasteiger partial charge on any atom is -0.386 e. The Bertz CT molecular complexity index is 1610. The lowest BCUT2D eigenvalue weighted by Crippen LogP contribution is -2.60. The molecule has 6 rings (SSSR count). The molecule has 206 valence electrons. The number of nitrogens with two attached hydrogens (primary N) is 1. The van der Waals surface area contributed by atoms with Gasteiger partial charge in [0, 0.05) is 29.6 Å². The molecule has 40 heavy (non-hydrogen) atoms. The summed E-state index contributed by atoms with van der Waals surface area (Å²) in [7, 11) is 0. The van der Waals surface area contributed by atoms with Crippen molar-refractivity contribution < 1.29 is 14.7 Å². The van der Waals surface area contributed by atoms with Crippen molar-refractivity contribution in [2.24, 2.45) is 5.73 Å². The summed E-state index contributed by atoms with van der Waals surface area (Å²) in [6.45, 7) is 4.30. The molecule has 11 heteroatoms. The third kappa shape index (κ3) is 5.05. The average Bonchev–Trinajstić information content (AvgIpc) is 3.67. The number of carbonyl (C=O) groups excluding carboxylic acids is 2. The Morgan fingerprint density at radius 2 is 1.80 bits per heavy atom. The monoisotopic (exact) mass is 559 g/mol. The van der Waals surface area contributed by atoms with Gasteiger partial charge < -0.3 is 20.6 Å². The summed E-state index contributed by atoms with van der Waals surface area (Å²) >= 11 is 6.59. The molecule has 2 aliphatic rings. The van der Waals surface area contributed by atoms with Gasteiger partial charge in [-0.15, -0.1) is 5.10 Å². The maximum Gasteiger partial charge on any atom is 0.277 e. The summed E-state index contributed by atoms with van der Waals surface area (Å²) in [6, 6.07) is 14.9. The number of pyridine rings is 1. The van der Waals surface area contributed by atoms with E-state index in [4.69, 9.17) is 22.3 Å². The van der Waals surface area contributed by atoms with Crippen LogP contribution in [0, 0.1) is 0 Å². The average molecular weight is 560 g/mol. The second-order valence-electron chi connectivity index (χ2n) is 11.0. The molecular formula is C29H30ClN7O3. The van der Waals surface area contributed by atoms with Gasteiger partial charge in [0.25, 0.3) is 11.8 Å². The van der Waals surface area contributed by atoms with E-state index < -0.39 is 11.8 Å².